The first-order valence-corrected chi connectivity index (χ1v) is 10.4. The summed E-state index contributed by atoms with van der Waals surface area (Å²) in [5.41, 5.74) is 0.836. The predicted octanol–water partition coefficient (Wildman–Crippen LogP) is 5.88. The van der Waals surface area contributed by atoms with Gasteiger partial charge >= 0.3 is 0 Å². The lowest BCUT2D eigenvalue weighted by molar-refractivity contribution is 0.0980. The third kappa shape index (κ3) is 5.68. The van der Waals surface area contributed by atoms with Gasteiger partial charge in [-0.05, 0) is 51.8 Å². The lowest BCUT2D eigenvalue weighted by Gasteiger charge is -2.12. The molecule has 0 bridgehead atoms. The van der Waals surface area contributed by atoms with Crippen LogP contribution in [0.15, 0.2) is 36.4 Å². The van der Waals surface area contributed by atoms with Gasteiger partial charge in [0.15, 0.2) is 11.3 Å². The van der Waals surface area contributed by atoms with Crippen molar-refractivity contribution in [3.8, 4) is 11.5 Å². The van der Waals surface area contributed by atoms with Gasteiger partial charge in [0.2, 0.25) is 0 Å². The van der Waals surface area contributed by atoms with Crippen LogP contribution >= 0.6 is 31.8 Å². The lowest BCUT2D eigenvalue weighted by Crippen LogP contribution is -2.03. The molecule has 0 radical (unpaired) electrons. The summed E-state index contributed by atoms with van der Waals surface area (Å²) in [5, 5.41) is 0.737. The van der Waals surface area contributed by atoms with E-state index in [1.807, 2.05) is 0 Å². The second kappa shape index (κ2) is 10.7. The molecular weight excluding hydrogens is 406 g/mol. The zero-order valence-electron chi connectivity index (χ0n) is 15.2. The van der Waals surface area contributed by atoms with Gasteiger partial charge < -0.3 is 9.47 Å². The zero-order chi connectivity index (χ0) is 19.8. The molecule has 2 aromatic rings. The quantitative estimate of drug-likeness (QED) is 0.270. The number of hydrogen-bond acceptors (Lipinski definition) is 4. The summed E-state index contributed by atoms with van der Waals surface area (Å²) in [7, 11) is 3.14. The number of carbonyl (C=O) groups excluding carboxylic acids is 2. The number of methoxy groups -OCH3 is 2. The van der Waals surface area contributed by atoms with Crippen LogP contribution < -0.4 is 9.47 Å². The number of ether oxygens (including phenoxy) is 2. The number of ketones is 1. The van der Waals surface area contributed by atoms with E-state index in [9.17, 15) is 9.59 Å². The Hall–Kier alpha value is -1.61. The number of carbonyl (C=O) groups is 2. The van der Waals surface area contributed by atoms with Gasteiger partial charge in [0.05, 0.1) is 29.8 Å². The molecule has 1 atom stereocenters. The molecule has 0 amide bonds. The molecule has 2 rings (SSSR count). The minimum Gasteiger partial charge on any atom is -0.496 e. The summed E-state index contributed by atoms with van der Waals surface area (Å²) in [5.74, 6) is 0.942. The van der Waals surface area contributed by atoms with Gasteiger partial charge in [-0.3, -0.25) is 9.59 Å². The van der Waals surface area contributed by atoms with Gasteiger partial charge in [-0.15, -0.1) is 0 Å². The van der Waals surface area contributed by atoms with E-state index in [4.69, 9.17) is 32.7 Å². The summed E-state index contributed by atoms with van der Waals surface area (Å²) >= 11 is 12.1. The van der Waals surface area contributed by atoms with E-state index in [1.165, 1.54) is 14.2 Å². The maximum atomic E-state index is 12.6. The second-order valence-electron chi connectivity index (χ2n) is 5.77. The summed E-state index contributed by atoms with van der Waals surface area (Å²) in [4.78, 5) is 24.9. The van der Waals surface area contributed by atoms with Gasteiger partial charge in [-0.25, -0.2) is 0 Å². The Morgan fingerprint density at radius 2 is 1.44 bits per heavy atom. The average molecular weight is 427 g/mol. The average Bonchev–Trinajstić information content (AvgIpc) is 2.66. The molecule has 27 heavy (non-hydrogen) atoms. The number of benzene rings is 2. The third-order valence-corrected chi connectivity index (χ3v) is 5.82. The highest BCUT2D eigenvalue weighted by molar-refractivity contribution is 7.58. The van der Waals surface area contributed by atoms with Crippen LogP contribution in [0.2, 0.25) is 10.0 Å². The standard InChI is InChI=1S/C20H21Cl2O4P/c1-25-16-10-6-11-17(26-2)19(16)20(24)27-12-4-3-9-15(23)18-13(21)7-5-8-14(18)22/h5-8,10-11,27H,3-4,9,12H2,1-2H3. The van der Waals surface area contributed by atoms with E-state index >= 15 is 0 Å². The molecule has 0 aromatic heterocycles. The van der Waals surface area contributed by atoms with Crippen molar-refractivity contribution in [2.24, 2.45) is 0 Å². The van der Waals surface area contributed by atoms with Gasteiger partial charge in [0, 0.05) is 6.42 Å². The van der Waals surface area contributed by atoms with Gasteiger partial charge in [0.25, 0.3) is 0 Å². The Labute approximate surface area is 170 Å². The normalized spacial score (nSPS) is 11.0. The molecule has 0 heterocycles. The van der Waals surface area contributed by atoms with Crippen LogP contribution in [-0.4, -0.2) is 31.7 Å². The van der Waals surface area contributed by atoms with E-state index < -0.39 is 0 Å². The van der Waals surface area contributed by atoms with Crippen LogP contribution in [0, 0.1) is 0 Å². The minimum atomic E-state index is -0.0772. The molecule has 7 heteroatoms. The maximum Gasteiger partial charge on any atom is 0.188 e. The Kier molecular flexibility index (Phi) is 8.56. The largest absolute Gasteiger partial charge is 0.496 e. The van der Waals surface area contributed by atoms with Crippen LogP contribution in [0.25, 0.3) is 0 Å². The molecule has 4 nitrogen and oxygen atoms in total. The van der Waals surface area contributed by atoms with Gasteiger partial charge in [0.1, 0.15) is 17.1 Å². The molecule has 1 unspecified atom stereocenters. The maximum absolute atomic E-state index is 12.6. The zero-order valence-corrected chi connectivity index (χ0v) is 17.7. The fourth-order valence-electron chi connectivity index (χ4n) is 2.67. The number of rotatable bonds is 10. The van der Waals surface area contributed by atoms with Gasteiger partial charge in [-0.1, -0.05) is 35.3 Å². The number of hydrogen-bond donors (Lipinski definition) is 0. The van der Waals surface area contributed by atoms with E-state index in [-0.39, 0.29) is 19.9 Å². The van der Waals surface area contributed by atoms with Crippen molar-refractivity contribution >= 4 is 43.1 Å². The molecule has 0 saturated carbocycles. The molecule has 0 aliphatic heterocycles. The molecule has 0 saturated heterocycles. The Balaban J connectivity index is 1.86. The SMILES string of the molecule is COc1cccc(OC)c1C(=O)PCCCCC(=O)c1c(Cl)cccc1Cl. The van der Waals surface area contributed by atoms with E-state index in [0.717, 1.165) is 6.42 Å². The van der Waals surface area contributed by atoms with Crippen LogP contribution in [0.1, 0.15) is 40.0 Å². The molecule has 0 aliphatic carbocycles. The topological polar surface area (TPSA) is 52.6 Å². The molecule has 0 aliphatic rings. The minimum absolute atomic E-state index is 0.00947. The first-order valence-electron chi connectivity index (χ1n) is 8.46. The molecule has 2 aromatic carbocycles. The van der Waals surface area contributed by atoms with E-state index in [1.54, 1.807) is 36.4 Å². The summed E-state index contributed by atoms with van der Waals surface area (Å²) in [6.07, 6.45) is 2.48. The van der Waals surface area contributed by atoms with Crippen molar-refractivity contribution in [1.82, 2.24) is 0 Å². The monoisotopic (exact) mass is 426 g/mol. The molecule has 0 fully saturated rings. The highest BCUT2D eigenvalue weighted by Gasteiger charge is 2.18. The summed E-state index contributed by atoms with van der Waals surface area (Å²) in [6, 6.07) is 10.3. The van der Waals surface area contributed by atoms with Crippen molar-refractivity contribution in [2.75, 3.05) is 20.4 Å². The van der Waals surface area contributed by atoms with Crippen molar-refractivity contribution in [3.63, 3.8) is 0 Å². The van der Waals surface area contributed by atoms with Crippen molar-refractivity contribution in [1.29, 1.82) is 0 Å². The summed E-state index contributed by atoms with van der Waals surface area (Å²) < 4.78 is 10.5. The van der Waals surface area contributed by atoms with Crippen LogP contribution in [0.5, 0.6) is 11.5 Å². The molecule has 0 N–H and O–H groups in total. The third-order valence-electron chi connectivity index (χ3n) is 4.01. The van der Waals surface area contributed by atoms with Crippen molar-refractivity contribution in [2.45, 2.75) is 19.3 Å². The first-order chi connectivity index (χ1) is 13.0. The van der Waals surface area contributed by atoms with E-state index in [0.29, 0.717) is 51.7 Å². The highest BCUT2D eigenvalue weighted by atomic mass is 35.5. The Bertz CT molecular complexity index is 781. The lowest BCUT2D eigenvalue weighted by atomic mass is 10.1. The fourth-order valence-corrected chi connectivity index (χ4v) is 4.35. The number of halogens is 2. The Morgan fingerprint density at radius 1 is 0.889 bits per heavy atom. The van der Waals surface area contributed by atoms with Crippen molar-refractivity contribution < 1.29 is 19.1 Å². The highest BCUT2D eigenvalue weighted by Crippen LogP contribution is 2.34. The van der Waals surface area contributed by atoms with Gasteiger partial charge in [-0.2, -0.15) is 0 Å². The predicted molar refractivity (Wildman–Crippen MR) is 112 cm³/mol. The van der Waals surface area contributed by atoms with Crippen LogP contribution in [0.4, 0.5) is 0 Å². The Morgan fingerprint density at radius 3 is 2.00 bits per heavy atom. The van der Waals surface area contributed by atoms with E-state index in [2.05, 4.69) is 0 Å². The first kappa shape index (κ1) is 21.7. The number of Topliss-reactive ketones (excluding diaryl/α,β-unsaturated/α-hetero) is 1. The van der Waals surface area contributed by atoms with Crippen LogP contribution in [0.3, 0.4) is 0 Å². The molecular formula is C20H21Cl2O4P. The van der Waals surface area contributed by atoms with Crippen LogP contribution in [-0.2, 0) is 0 Å². The number of unbranched alkanes of at least 4 members (excludes halogenated alkanes) is 1. The smallest absolute Gasteiger partial charge is 0.188 e. The van der Waals surface area contributed by atoms with Crippen molar-refractivity contribution in [3.05, 3.63) is 57.6 Å². The fraction of sp³-hybridized carbons (Fsp3) is 0.300. The summed E-state index contributed by atoms with van der Waals surface area (Å²) in [6.45, 7) is 0. The molecule has 0 spiro atoms. The second-order valence-corrected chi connectivity index (χ2v) is 7.89. The molecule has 144 valence electrons.